The molecule has 0 spiro atoms. The third-order valence-electron chi connectivity index (χ3n) is 4.37. The van der Waals surface area contributed by atoms with Gasteiger partial charge in [-0.1, -0.05) is 24.3 Å². The van der Waals surface area contributed by atoms with Crippen LogP contribution in [0.1, 0.15) is 17.5 Å². The second-order valence-corrected chi connectivity index (χ2v) is 5.87. The lowest BCUT2D eigenvalue weighted by molar-refractivity contribution is -0.385. The Balaban J connectivity index is 1.61. The highest BCUT2D eigenvalue weighted by molar-refractivity contribution is 5.92. The molecule has 6 heteroatoms. The van der Waals surface area contributed by atoms with Gasteiger partial charge in [0, 0.05) is 31.3 Å². The van der Waals surface area contributed by atoms with E-state index in [1.807, 2.05) is 12.1 Å². The van der Waals surface area contributed by atoms with Crippen LogP contribution in [-0.4, -0.2) is 23.9 Å². The Morgan fingerprint density at radius 3 is 2.83 bits per heavy atom. The minimum atomic E-state index is -0.438. The van der Waals surface area contributed by atoms with Crippen molar-refractivity contribution in [2.24, 2.45) is 0 Å². The summed E-state index contributed by atoms with van der Waals surface area (Å²) >= 11 is 0. The molecular formula is C18H19N3O3. The summed E-state index contributed by atoms with van der Waals surface area (Å²) in [6, 6.07) is 12.9. The second-order valence-electron chi connectivity index (χ2n) is 5.87. The van der Waals surface area contributed by atoms with Crippen LogP contribution >= 0.6 is 0 Å². The van der Waals surface area contributed by atoms with Gasteiger partial charge in [-0.2, -0.15) is 0 Å². The number of carbonyl (C=O) groups is 1. The summed E-state index contributed by atoms with van der Waals surface area (Å²) in [7, 11) is 0. The van der Waals surface area contributed by atoms with Crippen molar-refractivity contribution in [3.05, 3.63) is 63.7 Å². The molecule has 1 amide bonds. The van der Waals surface area contributed by atoms with E-state index in [4.69, 9.17) is 0 Å². The third-order valence-corrected chi connectivity index (χ3v) is 4.37. The van der Waals surface area contributed by atoms with E-state index in [1.54, 1.807) is 19.1 Å². The molecule has 1 aliphatic heterocycles. The fraction of sp³-hybridized carbons (Fsp3) is 0.278. The Kier molecular flexibility index (Phi) is 4.46. The van der Waals surface area contributed by atoms with E-state index in [9.17, 15) is 14.9 Å². The molecule has 3 rings (SSSR count). The number of para-hydroxylation sites is 1. The van der Waals surface area contributed by atoms with Crippen molar-refractivity contribution in [2.45, 2.75) is 19.8 Å². The van der Waals surface area contributed by atoms with Gasteiger partial charge >= 0.3 is 0 Å². The van der Waals surface area contributed by atoms with Crippen LogP contribution in [0.4, 0.5) is 17.1 Å². The van der Waals surface area contributed by atoms with Gasteiger partial charge in [0.15, 0.2) is 0 Å². The van der Waals surface area contributed by atoms with Gasteiger partial charge in [0.05, 0.1) is 16.2 Å². The van der Waals surface area contributed by atoms with E-state index >= 15 is 0 Å². The average Bonchev–Trinajstić information content (AvgIpc) is 2.98. The van der Waals surface area contributed by atoms with Crippen molar-refractivity contribution in [1.29, 1.82) is 0 Å². The van der Waals surface area contributed by atoms with Crippen molar-refractivity contribution < 1.29 is 9.72 Å². The van der Waals surface area contributed by atoms with Gasteiger partial charge in [-0.05, 0) is 31.0 Å². The highest BCUT2D eigenvalue weighted by atomic mass is 16.6. The summed E-state index contributed by atoms with van der Waals surface area (Å²) in [6.07, 6.45) is 1.35. The van der Waals surface area contributed by atoms with Crippen molar-refractivity contribution in [3.8, 4) is 0 Å². The van der Waals surface area contributed by atoms with Crippen LogP contribution in [-0.2, 0) is 11.2 Å². The van der Waals surface area contributed by atoms with Crippen LogP contribution in [0.15, 0.2) is 42.5 Å². The zero-order valence-electron chi connectivity index (χ0n) is 13.5. The molecule has 1 heterocycles. The van der Waals surface area contributed by atoms with Gasteiger partial charge in [0.25, 0.3) is 5.69 Å². The number of hydrogen-bond acceptors (Lipinski definition) is 4. The van der Waals surface area contributed by atoms with E-state index in [0.29, 0.717) is 24.2 Å². The molecule has 2 aromatic carbocycles. The van der Waals surface area contributed by atoms with Crippen LogP contribution in [0.3, 0.4) is 0 Å². The molecule has 1 aliphatic rings. The Morgan fingerprint density at radius 2 is 2.04 bits per heavy atom. The average molecular weight is 325 g/mol. The number of nitro benzene ring substituents is 1. The maximum atomic E-state index is 12.2. The van der Waals surface area contributed by atoms with Crippen molar-refractivity contribution in [3.63, 3.8) is 0 Å². The SMILES string of the molecule is Cc1c(NC(=O)CCN2CCc3ccccc32)cccc1[N+](=O)[O-]. The molecule has 0 fully saturated rings. The Labute approximate surface area is 140 Å². The first-order valence-electron chi connectivity index (χ1n) is 7.93. The molecule has 0 bridgehead atoms. The quantitative estimate of drug-likeness (QED) is 0.676. The van der Waals surface area contributed by atoms with E-state index < -0.39 is 4.92 Å². The molecule has 0 atom stereocenters. The molecule has 0 saturated heterocycles. The second kappa shape index (κ2) is 6.70. The number of anilines is 2. The van der Waals surface area contributed by atoms with E-state index in [-0.39, 0.29) is 11.6 Å². The summed E-state index contributed by atoms with van der Waals surface area (Å²) in [6.45, 7) is 3.20. The summed E-state index contributed by atoms with van der Waals surface area (Å²) in [5.41, 5.74) is 3.49. The number of rotatable bonds is 5. The molecule has 0 saturated carbocycles. The van der Waals surface area contributed by atoms with Crippen LogP contribution < -0.4 is 10.2 Å². The summed E-state index contributed by atoms with van der Waals surface area (Å²) in [5, 5.41) is 13.7. The van der Waals surface area contributed by atoms with Gasteiger partial charge in [0.2, 0.25) is 5.91 Å². The standard InChI is InChI=1S/C18H19N3O3/c1-13-15(6-4-8-16(13)21(23)24)19-18(22)10-12-20-11-9-14-5-2-3-7-17(14)20/h2-8H,9-12H2,1H3,(H,19,22). The zero-order valence-corrected chi connectivity index (χ0v) is 13.5. The molecule has 2 aromatic rings. The largest absolute Gasteiger partial charge is 0.370 e. The first kappa shape index (κ1) is 16.0. The molecule has 24 heavy (non-hydrogen) atoms. The Hall–Kier alpha value is -2.89. The molecule has 0 radical (unpaired) electrons. The number of nitrogens with one attached hydrogen (secondary N) is 1. The number of fused-ring (bicyclic) bond motifs is 1. The van der Waals surface area contributed by atoms with Gasteiger partial charge < -0.3 is 10.2 Å². The Morgan fingerprint density at radius 1 is 1.25 bits per heavy atom. The summed E-state index contributed by atoms with van der Waals surface area (Å²) in [5.74, 6) is -0.136. The van der Waals surface area contributed by atoms with Crippen LogP contribution in [0.25, 0.3) is 0 Å². The predicted molar refractivity (Wildman–Crippen MR) is 93.4 cm³/mol. The number of nitro groups is 1. The van der Waals surface area contributed by atoms with Crippen molar-refractivity contribution in [2.75, 3.05) is 23.3 Å². The molecule has 0 aromatic heterocycles. The molecule has 1 N–H and O–H groups in total. The summed E-state index contributed by atoms with van der Waals surface area (Å²) < 4.78 is 0. The smallest absolute Gasteiger partial charge is 0.274 e. The molecule has 6 nitrogen and oxygen atoms in total. The lowest BCUT2D eigenvalue weighted by Crippen LogP contribution is -2.26. The van der Waals surface area contributed by atoms with Gasteiger partial charge in [0.1, 0.15) is 0 Å². The van der Waals surface area contributed by atoms with Crippen molar-refractivity contribution >= 4 is 23.0 Å². The maximum Gasteiger partial charge on any atom is 0.274 e. The molecule has 124 valence electrons. The third kappa shape index (κ3) is 3.22. The van der Waals surface area contributed by atoms with Gasteiger partial charge in [-0.25, -0.2) is 0 Å². The van der Waals surface area contributed by atoms with Gasteiger partial charge in [-0.3, -0.25) is 14.9 Å². The minimum absolute atomic E-state index is 0.0151. The normalized spacial score (nSPS) is 12.8. The molecular weight excluding hydrogens is 306 g/mol. The predicted octanol–water partition coefficient (Wildman–Crippen LogP) is 3.29. The number of amides is 1. The Bertz CT molecular complexity index is 789. The van der Waals surface area contributed by atoms with Crippen LogP contribution in [0.5, 0.6) is 0 Å². The minimum Gasteiger partial charge on any atom is -0.370 e. The first-order chi connectivity index (χ1) is 11.6. The van der Waals surface area contributed by atoms with Gasteiger partial charge in [-0.15, -0.1) is 0 Å². The van der Waals surface area contributed by atoms with E-state index in [0.717, 1.165) is 13.0 Å². The fourth-order valence-corrected chi connectivity index (χ4v) is 3.04. The van der Waals surface area contributed by atoms with E-state index in [2.05, 4.69) is 22.3 Å². The maximum absolute atomic E-state index is 12.2. The lowest BCUT2D eigenvalue weighted by atomic mass is 10.1. The highest BCUT2D eigenvalue weighted by Crippen LogP contribution is 2.28. The number of hydrogen-bond donors (Lipinski definition) is 1. The first-order valence-corrected chi connectivity index (χ1v) is 7.93. The van der Waals surface area contributed by atoms with E-state index in [1.165, 1.54) is 17.3 Å². The fourth-order valence-electron chi connectivity index (χ4n) is 3.04. The van der Waals surface area contributed by atoms with Crippen LogP contribution in [0.2, 0.25) is 0 Å². The lowest BCUT2D eigenvalue weighted by Gasteiger charge is -2.19. The number of carbonyl (C=O) groups excluding carboxylic acids is 1. The zero-order chi connectivity index (χ0) is 17.1. The number of benzene rings is 2. The molecule has 0 unspecified atom stereocenters. The monoisotopic (exact) mass is 325 g/mol. The summed E-state index contributed by atoms with van der Waals surface area (Å²) in [4.78, 5) is 24.9. The number of nitrogens with zero attached hydrogens (tertiary/aromatic N) is 2. The van der Waals surface area contributed by atoms with Crippen molar-refractivity contribution in [1.82, 2.24) is 0 Å². The highest BCUT2D eigenvalue weighted by Gasteiger charge is 2.19. The van der Waals surface area contributed by atoms with Crippen LogP contribution in [0, 0.1) is 17.0 Å². The molecule has 0 aliphatic carbocycles. The topological polar surface area (TPSA) is 75.5 Å².